The number of hydrogen-bond acceptors (Lipinski definition) is 5. The van der Waals surface area contributed by atoms with Gasteiger partial charge in [0.1, 0.15) is 16.1 Å². The van der Waals surface area contributed by atoms with Crippen molar-refractivity contribution in [1.29, 1.82) is 0 Å². The third-order valence-corrected chi connectivity index (χ3v) is 4.32. The fourth-order valence-corrected chi connectivity index (χ4v) is 3.26. The molecule has 21 heavy (non-hydrogen) atoms. The molecule has 0 aromatic heterocycles. The van der Waals surface area contributed by atoms with Crippen molar-refractivity contribution in [3.63, 3.8) is 0 Å². The summed E-state index contributed by atoms with van der Waals surface area (Å²) in [5, 5.41) is 9.03. The standard InChI is InChI=1S/C14H13NO4S2/c1-8(13(17)18)15-12(16)11(21-14(15)20)7-9-5-3-4-6-10(9)19-2/h3-8H,1-2H3,(H,17,18)/b11-7-. The monoisotopic (exact) mass is 323 g/mol. The number of carbonyl (C=O) groups is 2. The first-order valence-electron chi connectivity index (χ1n) is 6.08. The molecule has 5 nitrogen and oxygen atoms in total. The summed E-state index contributed by atoms with van der Waals surface area (Å²) in [7, 11) is 1.55. The van der Waals surface area contributed by atoms with Crippen LogP contribution in [0.25, 0.3) is 6.08 Å². The number of thioether (sulfide) groups is 1. The van der Waals surface area contributed by atoms with E-state index in [4.69, 9.17) is 22.1 Å². The second-order valence-corrected chi connectivity index (χ2v) is 5.98. The fourth-order valence-electron chi connectivity index (χ4n) is 1.85. The molecule has 1 aromatic rings. The van der Waals surface area contributed by atoms with E-state index in [9.17, 15) is 9.59 Å². The Bertz CT molecular complexity index is 642. The first-order valence-corrected chi connectivity index (χ1v) is 7.31. The molecular weight excluding hydrogens is 310 g/mol. The molecule has 1 aromatic carbocycles. The summed E-state index contributed by atoms with van der Waals surface area (Å²) in [5.74, 6) is -0.857. The summed E-state index contributed by atoms with van der Waals surface area (Å²) in [6.45, 7) is 1.43. The Hall–Kier alpha value is -1.86. The van der Waals surface area contributed by atoms with Gasteiger partial charge >= 0.3 is 5.97 Å². The molecule has 1 N–H and O–H groups in total. The van der Waals surface area contributed by atoms with Crippen LogP contribution in [0, 0.1) is 0 Å². The average molecular weight is 323 g/mol. The van der Waals surface area contributed by atoms with Crippen LogP contribution in [-0.2, 0) is 9.59 Å². The van der Waals surface area contributed by atoms with E-state index in [-0.39, 0.29) is 4.32 Å². The van der Waals surface area contributed by atoms with Gasteiger partial charge in [-0.2, -0.15) is 0 Å². The van der Waals surface area contributed by atoms with E-state index in [0.717, 1.165) is 22.2 Å². The molecule has 0 bridgehead atoms. The van der Waals surface area contributed by atoms with Crippen LogP contribution in [0.5, 0.6) is 5.75 Å². The van der Waals surface area contributed by atoms with Crippen molar-refractivity contribution in [3.8, 4) is 5.75 Å². The molecule has 0 saturated carbocycles. The Balaban J connectivity index is 2.34. The maximum atomic E-state index is 12.3. The van der Waals surface area contributed by atoms with Crippen molar-refractivity contribution in [2.75, 3.05) is 7.11 Å². The number of benzene rings is 1. The van der Waals surface area contributed by atoms with E-state index >= 15 is 0 Å². The molecule has 1 aliphatic rings. The van der Waals surface area contributed by atoms with Gasteiger partial charge in [0.2, 0.25) is 0 Å². The van der Waals surface area contributed by atoms with Crippen LogP contribution in [0.3, 0.4) is 0 Å². The first kappa shape index (κ1) is 15.5. The van der Waals surface area contributed by atoms with Gasteiger partial charge in [-0.3, -0.25) is 9.69 Å². The number of nitrogens with zero attached hydrogens (tertiary/aromatic N) is 1. The molecule has 1 saturated heterocycles. The third kappa shape index (κ3) is 3.08. The molecule has 1 atom stereocenters. The molecule has 0 spiro atoms. The van der Waals surface area contributed by atoms with Gasteiger partial charge in [0.25, 0.3) is 5.91 Å². The van der Waals surface area contributed by atoms with E-state index in [2.05, 4.69) is 0 Å². The molecular formula is C14H13NO4S2. The van der Waals surface area contributed by atoms with E-state index in [1.807, 2.05) is 18.2 Å². The van der Waals surface area contributed by atoms with Crippen LogP contribution in [-0.4, -0.2) is 39.4 Å². The second-order valence-electron chi connectivity index (χ2n) is 4.31. The third-order valence-electron chi connectivity index (χ3n) is 2.99. The SMILES string of the molecule is COc1ccccc1/C=C1\SC(=S)N(C(C)C(=O)O)C1=O. The highest BCUT2D eigenvalue weighted by Gasteiger charge is 2.38. The summed E-state index contributed by atoms with van der Waals surface area (Å²) < 4.78 is 5.47. The van der Waals surface area contributed by atoms with Crippen molar-refractivity contribution < 1.29 is 19.4 Å². The van der Waals surface area contributed by atoms with Crippen molar-refractivity contribution in [3.05, 3.63) is 34.7 Å². The normalized spacial score (nSPS) is 18.2. The minimum atomic E-state index is -1.09. The molecule has 1 heterocycles. The molecule has 7 heteroatoms. The lowest BCUT2D eigenvalue weighted by atomic mass is 10.2. The number of methoxy groups -OCH3 is 1. The van der Waals surface area contributed by atoms with E-state index < -0.39 is 17.9 Å². The molecule has 0 aliphatic carbocycles. The number of ether oxygens (including phenoxy) is 1. The minimum Gasteiger partial charge on any atom is -0.496 e. The summed E-state index contributed by atoms with van der Waals surface area (Å²) in [6.07, 6.45) is 1.66. The smallest absolute Gasteiger partial charge is 0.326 e. The highest BCUT2D eigenvalue weighted by atomic mass is 32.2. The van der Waals surface area contributed by atoms with Gasteiger partial charge in [0, 0.05) is 5.56 Å². The van der Waals surface area contributed by atoms with Gasteiger partial charge in [-0.25, -0.2) is 4.79 Å². The van der Waals surface area contributed by atoms with Gasteiger partial charge in [0.15, 0.2) is 0 Å². The first-order chi connectivity index (χ1) is 9.95. The number of para-hydroxylation sites is 1. The molecule has 1 amide bonds. The number of aliphatic carboxylic acids is 1. The van der Waals surface area contributed by atoms with Gasteiger partial charge in [-0.15, -0.1) is 0 Å². The van der Waals surface area contributed by atoms with Crippen LogP contribution >= 0.6 is 24.0 Å². The number of hydrogen-bond donors (Lipinski definition) is 1. The van der Waals surface area contributed by atoms with Gasteiger partial charge in [-0.1, -0.05) is 42.2 Å². The highest BCUT2D eigenvalue weighted by molar-refractivity contribution is 8.26. The van der Waals surface area contributed by atoms with Crippen molar-refractivity contribution in [1.82, 2.24) is 4.90 Å². The molecule has 1 aliphatic heterocycles. The quantitative estimate of drug-likeness (QED) is 0.678. The molecule has 0 radical (unpaired) electrons. The fraction of sp³-hybridized carbons (Fsp3) is 0.214. The van der Waals surface area contributed by atoms with Crippen molar-refractivity contribution >= 4 is 46.3 Å². The molecule has 110 valence electrons. The number of carbonyl (C=O) groups excluding carboxylic acids is 1. The summed E-state index contributed by atoms with van der Waals surface area (Å²) in [4.78, 5) is 24.9. The van der Waals surface area contributed by atoms with Crippen LogP contribution in [0.2, 0.25) is 0 Å². The maximum absolute atomic E-state index is 12.3. The van der Waals surface area contributed by atoms with Gasteiger partial charge in [-0.05, 0) is 19.1 Å². The van der Waals surface area contributed by atoms with Crippen molar-refractivity contribution in [2.45, 2.75) is 13.0 Å². The Labute approximate surface area is 131 Å². The van der Waals surface area contributed by atoms with Gasteiger partial charge < -0.3 is 9.84 Å². The van der Waals surface area contributed by atoms with E-state index in [0.29, 0.717) is 10.7 Å². The van der Waals surface area contributed by atoms with Crippen molar-refractivity contribution in [2.24, 2.45) is 0 Å². The van der Waals surface area contributed by atoms with Crippen LogP contribution in [0.4, 0.5) is 0 Å². The molecule has 1 unspecified atom stereocenters. The zero-order chi connectivity index (χ0) is 15.6. The zero-order valence-corrected chi connectivity index (χ0v) is 13.0. The zero-order valence-electron chi connectivity index (χ0n) is 11.4. The van der Waals surface area contributed by atoms with Crippen LogP contribution in [0.15, 0.2) is 29.2 Å². The Morgan fingerprint density at radius 2 is 2.14 bits per heavy atom. The number of carboxylic acid groups (broad SMARTS) is 1. The number of rotatable bonds is 4. The predicted octanol–water partition coefficient (Wildman–Crippen LogP) is 2.37. The maximum Gasteiger partial charge on any atom is 0.326 e. The topological polar surface area (TPSA) is 66.8 Å². The van der Waals surface area contributed by atoms with Crippen LogP contribution in [0.1, 0.15) is 12.5 Å². The van der Waals surface area contributed by atoms with E-state index in [1.165, 1.54) is 6.92 Å². The lowest BCUT2D eigenvalue weighted by Gasteiger charge is -2.18. The Kier molecular flexibility index (Phi) is 4.64. The Morgan fingerprint density at radius 1 is 1.48 bits per heavy atom. The number of amides is 1. The lowest BCUT2D eigenvalue weighted by molar-refractivity contribution is -0.144. The Morgan fingerprint density at radius 3 is 2.76 bits per heavy atom. The van der Waals surface area contributed by atoms with Crippen LogP contribution < -0.4 is 4.74 Å². The minimum absolute atomic E-state index is 0.246. The largest absolute Gasteiger partial charge is 0.496 e. The molecule has 1 fully saturated rings. The summed E-state index contributed by atoms with van der Waals surface area (Å²) in [5.41, 5.74) is 0.739. The summed E-state index contributed by atoms with van der Waals surface area (Å²) in [6, 6.07) is 6.27. The summed E-state index contributed by atoms with van der Waals surface area (Å²) >= 11 is 6.19. The predicted molar refractivity (Wildman–Crippen MR) is 85.1 cm³/mol. The highest BCUT2D eigenvalue weighted by Crippen LogP contribution is 2.35. The average Bonchev–Trinajstić information content (AvgIpc) is 2.73. The second kappa shape index (κ2) is 6.28. The number of thiocarbonyl (C=S) groups is 1. The molecule has 2 rings (SSSR count). The number of carboxylic acids is 1. The van der Waals surface area contributed by atoms with Gasteiger partial charge in [0.05, 0.1) is 12.0 Å². The lowest BCUT2D eigenvalue weighted by Crippen LogP contribution is -2.41. The van der Waals surface area contributed by atoms with E-state index in [1.54, 1.807) is 19.3 Å².